The van der Waals surface area contributed by atoms with Crippen LogP contribution in [0.2, 0.25) is 0 Å². The van der Waals surface area contributed by atoms with E-state index in [4.69, 9.17) is 0 Å². The molecule has 0 N–H and O–H groups in total. The van der Waals surface area contributed by atoms with E-state index in [0.29, 0.717) is 5.92 Å². The van der Waals surface area contributed by atoms with Gasteiger partial charge in [-0.2, -0.15) is 0 Å². The lowest BCUT2D eigenvalue weighted by molar-refractivity contribution is 0.739. The minimum Gasteiger partial charge on any atom is -0.0988 e. The molecule has 0 saturated carbocycles. The van der Waals surface area contributed by atoms with Gasteiger partial charge in [-0.1, -0.05) is 272 Å². The number of hydrogen-bond acceptors (Lipinski definition) is 0. The van der Waals surface area contributed by atoms with Crippen LogP contribution < -0.4 is 0 Å². The molecule has 0 radical (unpaired) electrons. The third-order valence-electron chi connectivity index (χ3n) is 14.3. The van der Waals surface area contributed by atoms with Crippen molar-refractivity contribution in [1.29, 1.82) is 0 Å². The lowest BCUT2D eigenvalue weighted by Crippen LogP contribution is -2.29. The Balaban J connectivity index is 0.000000192. The first-order chi connectivity index (χ1) is 36.1. The Morgan fingerprint density at radius 2 is 1.34 bits per heavy atom. The molecule has 4 aliphatic rings. The van der Waals surface area contributed by atoms with E-state index in [2.05, 4.69) is 256 Å². The van der Waals surface area contributed by atoms with E-state index in [1.165, 1.54) is 112 Å². The molecule has 0 nitrogen and oxygen atoms in total. The van der Waals surface area contributed by atoms with Gasteiger partial charge in [-0.3, -0.25) is 0 Å². The largest absolute Gasteiger partial charge is 0.0988 e. The van der Waals surface area contributed by atoms with Crippen LogP contribution in [0, 0.1) is 19.8 Å². The summed E-state index contributed by atoms with van der Waals surface area (Å²) in [5, 5.41) is 0. The number of fused-ring (bicyclic) bond motifs is 6. The SMILES string of the molecule is C=C/C(=C\C=C(C)C)C1(c2ccccc2)c2ccccc2-c2c1ccc1c2CC2=C1C=CCC2.C=C/C(C)=C(\C=C/CC)c1cc(C2=CCC(C)C=C2)ccc1C.CC.CC.Cc1ccc(-c2ccccc2)cc1. The maximum atomic E-state index is 4.32. The zero-order valence-corrected chi connectivity index (χ0v) is 46.7. The molecule has 0 saturated heterocycles. The van der Waals surface area contributed by atoms with Crippen molar-refractivity contribution in [2.45, 2.75) is 114 Å². The lowest BCUT2D eigenvalue weighted by atomic mass is 9.67. The van der Waals surface area contributed by atoms with E-state index in [1.807, 2.05) is 39.8 Å². The van der Waals surface area contributed by atoms with Crippen molar-refractivity contribution < 1.29 is 0 Å². The topological polar surface area (TPSA) is 0 Å². The van der Waals surface area contributed by atoms with Gasteiger partial charge in [0, 0.05) is 0 Å². The molecule has 0 heteroatoms. The van der Waals surface area contributed by atoms with Gasteiger partial charge in [0.2, 0.25) is 0 Å². The Morgan fingerprint density at radius 3 is 1.99 bits per heavy atom. The molecule has 2 unspecified atom stereocenters. The molecule has 0 aromatic heterocycles. The Hall–Kier alpha value is -7.28. The summed E-state index contributed by atoms with van der Waals surface area (Å²) < 4.78 is 0. The van der Waals surface area contributed by atoms with E-state index < -0.39 is 0 Å². The van der Waals surface area contributed by atoms with Crippen LogP contribution in [0.1, 0.15) is 138 Å². The first kappa shape index (κ1) is 56.0. The van der Waals surface area contributed by atoms with Crippen LogP contribution in [0.25, 0.3) is 39.0 Å². The summed E-state index contributed by atoms with van der Waals surface area (Å²) in [6, 6.07) is 50.6. The minimum absolute atomic E-state index is 0.380. The number of allylic oxidation sites excluding steroid dienone is 18. The second-order valence-corrected chi connectivity index (χ2v) is 19.5. The molecule has 0 bridgehead atoms. The van der Waals surface area contributed by atoms with Crippen molar-refractivity contribution in [3.8, 4) is 22.3 Å². The van der Waals surface area contributed by atoms with Gasteiger partial charge in [0.25, 0.3) is 0 Å². The summed E-state index contributed by atoms with van der Waals surface area (Å²) in [5.41, 5.74) is 26.6. The van der Waals surface area contributed by atoms with Crippen LogP contribution in [0.15, 0.2) is 242 Å². The standard InChI is InChI=1S/C34H30.C23H28.C13H12.2C2H6/c1-4-25(19-18-23(2)3)34(26-13-6-5-7-14-26)31-17-11-10-16-29(31)33-30-22-24-12-8-9-15-27(24)28(30)20-21-32(33)34;1-6-8-9-22(18(4)7-2)23-16-21(15-12-19(23)5)20-13-10-17(3)11-14-20;1-11-7-9-13(10-8-11)12-5-3-2-4-6-12;2*1-2/h4-7,9-11,13-21H,1,8,12,22H2,2-3H3;7-10,12-17H,2,6,11H2,1,3-5H3;2-10H,1H3;2*1-2H3/b25-19+;9-8-,22-18+;;;. The number of rotatable bonds is 10. The summed E-state index contributed by atoms with van der Waals surface area (Å²) in [6.45, 7) is 31.4. The molecule has 0 aliphatic heterocycles. The smallest absolute Gasteiger partial charge is 0.0713 e. The third-order valence-corrected chi connectivity index (χ3v) is 14.3. The first-order valence-corrected chi connectivity index (χ1v) is 27.4. The fraction of sp³-hybridized carbons (Fsp3) is 0.243. The van der Waals surface area contributed by atoms with Crippen molar-refractivity contribution in [3.63, 3.8) is 0 Å². The normalized spacial score (nSPS) is 16.9. The molecule has 0 heterocycles. The molecule has 6 aromatic rings. The van der Waals surface area contributed by atoms with Gasteiger partial charge in [-0.15, -0.1) is 0 Å². The maximum absolute atomic E-state index is 4.32. The fourth-order valence-electron chi connectivity index (χ4n) is 10.5. The minimum atomic E-state index is -0.380. The summed E-state index contributed by atoms with van der Waals surface area (Å²) in [7, 11) is 0. The van der Waals surface area contributed by atoms with Crippen molar-refractivity contribution >= 4 is 16.7 Å². The molecule has 74 heavy (non-hydrogen) atoms. The Labute approximate surface area is 448 Å². The van der Waals surface area contributed by atoms with E-state index in [9.17, 15) is 0 Å². The quantitative estimate of drug-likeness (QED) is 0.120. The van der Waals surface area contributed by atoms with Crippen molar-refractivity contribution in [3.05, 3.63) is 292 Å². The molecular formula is C74H82. The van der Waals surface area contributed by atoms with Crippen molar-refractivity contribution in [2.24, 2.45) is 5.92 Å². The molecule has 0 fully saturated rings. The molecular weight excluding hydrogens is 889 g/mol. The molecule has 4 aliphatic carbocycles. The summed E-state index contributed by atoms with van der Waals surface area (Å²) in [4.78, 5) is 0. The van der Waals surface area contributed by atoms with Gasteiger partial charge in [-0.05, 0) is 173 Å². The average molecular weight is 971 g/mol. The van der Waals surface area contributed by atoms with Gasteiger partial charge in [0.05, 0.1) is 5.41 Å². The van der Waals surface area contributed by atoms with Crippen LogP contribution in [-0.4, -0.2) is 0 Å². The summed E-state index contributed by atoms with van der Waals surface area (Å²) in [5.74, 6) is 0.648. The molecule has 0 spiro atoms. The van der Waals surface area contributed by atoms with Gasteiger partial charge < -0.3 is 0 Å². The van der Waals surface area contributed by atoms with E-state index in [1.54, 1.807) is 5.57 Å². The average Bonchev–Trinajstić information content (AvgIpc) is 3.98. The number of hydrogen-bond donors (Lipinski definition) is 0. The zero-order valence-electron chi connectivity index (χ0n) is 46.7. The fourth-order valence-corrected chi connectivity index (χ4v) is 10.5. The second kappa shape index (κ2) is 27.1. The molecule has 2 atom stereocenters. The van der Waals surface area contributed by atoms with Crippen LogP contribution >= 0.6 is 0 Å². The first-order valence-electron chi connectivity index (χ1n) is 27.4. The zero-order chi connectivity index (χ0) is 53.2. The van der Waals surface area contributed by atoms with Crippen molar-refractivity contribution in [2.75, 3.05) is 0 Å². The molecule has 6 aromatic carbocycles. The monoisotopic (exact) mass is 971 g/mol. The molecule has 10 rings (SSSR count). The Bertz CT molecular complexity index is 3120. The Morgan fingerprint density at radius 1 is 0.676 bits per heavy atom. The predicted octanol–water partition coefficient (Wildman–Crippen LogP) is 21.4. The highest BCUT2D eigenvalue weighted by Crippen LogP contribution is 2.59. The third kappa shape index (κ3) is 12.4. The van der Waals surface area contributed by atoms with Gasteiger partial charge >= 0.3 is 0 Å². The van der Waals surface area contributed by atoms with Gasteiger partial charge in [0.1, 0.15) is 0 Å². The van der Waals surface area contributed by atoms with E-state index in [-0.39, 0.29) is 5.41 Å². The molecule has 378 valence electrons. The Kier molecular flexibility index (Phi) is 20.5. The van der Waals surface area contributed by atoms with Gasteiger partial charge in [-0.25, -0.2) is 0 Å². The van der Waals surface area contributed by atoms with Crippen LogP contribution in [0.3, 0.4) is 0 Å². The maximum Gasteiger partial charge on any atom is 0.0713 e. The second-order valence-electron chi connectivity index (χ2n) is 19.5. The highest BCUT2D eigenvalue weighted by molar-refractivity contribution is 5.95. The van der Waals surface area contributed by atoms with Crippen LogP contribution in [0.5, 0.6) is 0 Å². The lowest BCUT2D eigenvalue weighted by Gasteiger charge is -2.34. The van der Waals surface area contributed by atoms with Crippen LogP contribution in [0.4, 0.5) is 0 Å². The highest BCUT2D eigenvalue weighted by atomic mass is 14.5. The number of benzene rings is 6. The highest BCUT2D eigenvalue weighted by Gasteiger charge is 2.48. The van der Waals surface area contributed by atoms with Crippen molar-refractivity contribution in [1.82, 2.24) is 0 Å². The molecule has 0 amide bonds. The summed E-state index contributed by atoms with van der Waals surface area (Å²) in [6.07, 6.45) is 30.1. The van der Waals surface area contributed by atoms with E-state index in [0.717, 1.165) is 25.7 Å². The summed E-state index contributed by atoms with van der Waals surface area (Å²) >= 11 is 0. The van der Waals surface area contributed by atoms with E-state index >= 15 is 0 Å². The van der Waals surface area contributed by atoms with Gasteiger partial charge in [0.15, 0.2) is 0 Å². The predicted molar refractivity (Wildman–Crippen MR) is 329 cm³/mol. The number of aryl methyl sites for hydroxylation is 2. The van der Waals surface area contributed by atoms with Crippen LogP contribution in [-0.2, 0) is 11.8 Å².